The number of nitrogens with one attached hydrogen (secondary N) is 1. The Morgan fingerprint density at radius 3 is 2.59 bits per heavy atom. The summed E-state index contributed by atoms with van der Waals surface area (Å²) in [5, 5.41) is 0. The van der Waals surface area contributed by atoms with E-state index in [0.717, 1.165) is 17.1 Å². The highest BCUT2D eigenvalue weighted by Crippen LogP contribution is 2.15. The summed E-state index contributed by atoms with van der Waals surface area (Å²) in [6, 6.07) is 14.0. The van der Waals surface area contributed by atoms with Crippen LogP contribution in [0.25, 0.3) is 0 Å². The number of furan rings is 1. The minimum Gasteiger partial charge on any atom is -0.465 e. The second-order valence-corrected chi connectivity index (χ2v) is 4.06. The smallest absolute Gasteiger partial charge is 0.123 e. The van der Waals surface area contributed by atoms with Crippen LogP contribution in [0.1, 0.15) is 30.0 Å². The van der Waals surface area contributed by atoms with E-state index >= 15 is 0 Å². The van der Waals surface area contributed by atoms with E-state index < -0.39 is 0 Å². The first-order valence-corrected chi connectivity index (χ1v) is 5.73. The van der Waals surface area contributed by atoms with Crippen molar-refractivity contribution >= 4 is 0 Å². The molecule has 0 saturated heterocycles. The second-order valence-electron chi connectivity index (χ2n) is 4.06. The first kappa shape index (κ1) is 11.9. The topological polar surface area (TPSA) is 34.4 Å². The van der Waals surface area contributed by atoms with Crippen molar-refractivity contribution in [3.05, 3.63) is 59.5 Å². The normalized spacial score (nSPS) is 12.6. The molecule has 90 valence electrons. The lowest BCUT2D eigenvalue weighted by Gasteiger charge is -2.11. The van der Waals surface area contributed by atoms with Crippen LogP contribution in [0.15, 0.2) is 46.9 Å². The predicted octanol–water partition coefficient (Wildman–Crippen LogP) is 3.37. The highest BCUT2D eigenvalue weighted by molar-refractivity contribution is 5.13. The SMILES string of the molecule is Cc1ccc(C(C)NOCc2ccccc2)o1. The highest BCUT2D eigenvalue weighted by Gasteiger charge is 2.08. The molecule has 1 N–H and O–H groups in total. The van der Waals surface area contributed by atoms with Crippen molar-refractivity contribution < 1.29 is 9.25 Å². The molecule has 0 radical (unpaired) electrons. The van der Waals surface area contributed by atoms with Gasteiger partial charge in [0.05, 0.1) is 12.6 Å². The maximum Gasteiger partial charge on any atom is 0.123 e. The fraction of sp³-hybridized carbons (Fsp3) is 0.286. The number of benzene rings is 1. The van der Waals surface area contributed by atoms with Crippen molar-refractivity contribution in [1.29, 1.82) is 0 Å². The van der Waals surface area contributed by atoms with E-state index in [9.17, 15) is 0 Å². The van der Waals surface area contributed by atoms with Gasteiger partial charge < -0.3 is 4.42 Å². The Morgan fingerprint density at radius 2 is 1.94 bits per heavy atom. The van der Waals surface area contributed by atoms with Gasteiger partial charge in [-0.05, 0) is 31.5 Å². The Morgan fingerprint density at radius 1 is 1.18 bits per heavy atom. The summed E-state index contributed by atoms with van der Waals surface area (Å²) < 4.78 is 5.51. The molecule has 0 aliphatic rings. The van der Waals surface area contributed by atoms with Gasteiger partial charge >= 0.3 is 0 Å². The van der Waals surface area contributed by atoms with Gasteiger partial charge in [-0.1, -0.05) is 30.3 Å². The maximum atomic E-state index is 5.51. The molecule has 0 aliphatic heterocycles. The van der Waals surface area contributed by atoms with Crippen LogP contribution in [0.3, 0.4) is 0 Å². The molecule has 1 aromatic carbocycles. The number of hydrogen-bond donors (Lipinski definition) is 1. The zero-order valence-electron chi connectivity index (χ0n) is 10.1. The lowest BCUT2D eigenvalue weighted by molar-refractivity contribution is 0.00247. The van der Waals surface area contributed by atoms with Crippen LogP contribution in [-0.2, 0) is 11.4 Å². The third-order valence-electron chi connectivity index (χ3n) is 2.53. The van der Waals surface area contributed by atoms with Crippen LogP contribution in [0, 0.1) is 6.92 Å². The summed E-state index contributed by atoms with van der Waals surface area (Å²) in [4.78, 5) is 5.44. The van der Waals surface area contributed by atoms with Crippen molar-refractivity contribution in [2.45, 2.75) is 26.5 Å². The fourth-order valence-corrected chi connectivity index (χ4v) is 1.57. The molecule has 1 unspecified atom stereocenters. The first-order chi connectivity index (χ1) is 8.25. The van der Waals surface area contributed by atoms with E-state index in [1.165, 1.54) is 0 Å². The number of rotatable bonds is 5. The summed E-state index contributed by atoms with van der Waals surface area (Å²) >= 11 is 0. The van der Waals surface area contributed by atoms with E-state index in [1.807, 2.05) is 56.3 Å². The van der Waals surface area contributed by atoms with Crippen LogP contribution < -0.4 is 5.48 Å². The zero-order valence-corrected chi connectivity index (χ0v) is 10.1. The van der Waals surface area contributed by atoms with Gasteiger partial charge in [-0.3, -0.25) is 4.84 Å². The summed E-state index contributed by atoms with van der Waals surface area (Å²) in [5.41, 5.74) is 4.11. The van der Waals surface area contributed by atoms with Crippen molar-refractivity contribution in [2.24, 2.45) is 0 Å². The molecule has 0 amide bonds. The third kappa shape index (κ3) is 3.44. The molecule has 3 nitrogen and oxygen atoms in total. The van der Waals surface area contributed by atoms with Crippen molar-refractivity contribution in [1.82, 2.24) is 5.48 Å². The number of hydroxylamine groups is 1. The third-order valence-corrected chi connectivity index (χ3v) is 2.53. The van der Waals surface area contributed by atoms with Crippen molar-refractivity contribution in [3.8, 4) is 0 Å². The lowest BCUT2D eigenvalue weighted by Crippen LogP contribution is -2.18. The standard InChI is InChI=1S/C14H17NO2/c1-11-8-9-14(17-11)12(2)15-16-10-13-6-4-3-5-7-13/h3-9,12,15H,10H2,1-2H3. The van der Waals surface area contributed by atoms with E-state index in [1.54, 1.807) is 0 Å². The fourth-order valence-electron chi connectivity index (χ4n) is 1.57. The molecule has 0 bridgehead atoms. The molecular weight excluding hydrogens is 214 g/mol. The molecule has 0 fully saturated rings. The monoisotopic (exact) mass is 231 g/mol. The Balaban J connectivity index is 1.79. The van der Waals surface area contributed by atoms with Gasteiger partial charge in [0, 0.05) is 0 Å². The minimum atomic E-state index is 0.0485. The zero-order chi connectivity index (χ0) is 12.1. The number of aryl methyl sites for hydroxylation is 1. The molecule has 1 heterocycles. The van der Waals surface area contributed by atoms with Crippen LogP contribution >= 0.6 is 0 Å². The summed E-state index contributed by atoms with van der Waals surface area (Å²) in [5.74, 6) is 1.80. The Kier molecular flexibility index (Phi) is 3.96. The summed E-state index contributed by atoms with van der Waals surface area (Å²) in [6.07, 6.45) is 0. The Hall–Kier alpha value is -1.58. The Labute approximate surface area is 101 Å². The summed E-state index contributed by atoms with van der Waals surface area (Å²) in [6.45, 7) is 4.48. The minimum absolute atomic E-state index is 0.0485. The van der Waals surface area contributed by atoms with Gasteiger partial charge in [0.1, 0.15) is 11.5 Å². The van der Waals surface area contributed by atoms with Gasteiger partial charge in [0.2, 0.25) is 0 Å². The van der Waals surface area contributed by atoms with E-state index in [2.05, 4.69) is 5.48 Å². The van der Waals surface area contributed by atoms with E-state index in [4.69, 9.17) is 9.25 Å². The van der Waals surface area contributed by atoms with Gasteiger partial charge in [-0.15, -0.1) is 0 Å². The highest BCUT2D eigenvalue weighted by atomic mass is 16.6. The van der Waals surface area contributed by atoms with Crippen molar-refractivity contribution in [2.75, 3.05) is 0 Å². The maximum absolute atomic E-state index is 5.51. The van der Waals surface area contributed by atoms with Gasteiger partial charge in [-0.2, -0.15) is 5.48 Å². The van der Waals surface area contributed by atoms with Crippen molar-refractivity contribution in [3.63, 3.8) is 0 Å². The van der Waals surface area contributed by atoms with Gasteiger partial charge in [0.25, 0.3) is 0 Å². The molecular formula is C14H17NO2. The van der Waals surface area contributed by atoms with Gasteiger partial charge in [0.15, 0.2) is 0 Å². The molecule has 1 atom stereocenters. The average molecular weight is 231 g/mol. The van der Waals surface area contributed by atoms with E-state index in [-0.39, 0.29) is 6.04 Å². The van der Waals surface area contributed by atoms with Gasteiger partial charge in [-0.25, -0.2) is 0 Å². The van der Waals surface area contributed by atoms with Crippen LogP contribution in [-0.4, -0.2) is 0 Å². The molecule has 1 aromatic heterocycles. The quantitative estimate of drug-likeness (QED) is 0.801. The number of hydrogen-bond acceptors (Lipinski definition) is 3. The summed E-state index contributed by atoms with van der Waals surface area (Å²) in [7, 11) is 0. The lowest BCUT2D eigenvalue weighted by atomic mass is 10.2. The second kappa shape index (κ2) is 5.66. The Bertz CT molecular complexity index is 450. The molecule has 2 rings (SSSR count). The van der Waals surface area contributed by atoms with E-state index in [0.29, 0.717) is 6.61 Å². The molecule has 3 heteroatoms. The average Bonchev–Trinajstić information content (AvgIpc) is 2.77. The molecule has 2 aromatic rings. The van der Waals surface area contributed by atoms with Crippen LogP contribution in [0.5, 0.6) is 0 Å². The van der Waals surface area contributed by atoms with Crippen LogP contribution in [0.2, 0.25) is 0 Å². The largest absolute Gasteiger partial charge is 0.465 e. The molecule has 17 heavy (non-hydrogen) atoms. The predicted molar refractivity (Wildman–Crippen MR) is 66.2 cm³/mol. The molecule has 0 saturated carbocycles. The van der Waals surface area contributed by atoms with Crippen LogP contribution in [0.4, 0.5) is 0 Å². The molecule has 0 aliphatic carbocycles. The first-order valence-electron chi connectivity index (χ1n) is 5.73. The molecule has 0 spiro atoms.